The summed E-state index contributed by atoms with van der Waals surface area (Å²) in [5.74, 6) is -0.382. The maximum absolute atomic E-state index is 11.6. The van der Waals surface area contributed by atoms with Crippen molar-refractivity contribution in [2.24, 2.45) is 0 Å². The fourth-order valence-electron chi connectivity index (χ4n) is 2.68. The van der Waals surface area contributed by atoms with Crippen LogP contribution in [0.4, 0.5) is 0 Å². The van der Waals surface area contributed by atoms with Gasteiger partial charge in [-0.25, -0.2) is 9.78 Å². The van der Waals surface area contributed by atoms with Gasteiger partial charge in [0.1, 0.15) is 5.69 Å². The minimum absolute atomic E-state index is 0.200. The number of H-pyrrole nitrogens is 1. The number of nitrogens with one attached hydrogen (secondary N) is 1. The Labute approximate surface area is 119 Å². The first-order valence-corrected chi connectivity index (χ1v) is 6.52. The minimum Gasteiger partial charge on any atom is -0.477 e. The number of fused-ring (bicyclic) bond motifs is 2. The Bertz CT molecular complexity index is 981. The molecule has 2 N–H and O–H groups in total. The number of benzene rings is 1. The molecule has 0 aliphatic heterocycles. The molecule has 0 unspecified atom stereocenters. The topological polar surface area (TPSA) is 70.9 Å². The van der Waals surface area contributed by atoms with Gasteiger partial charge in [-0.05, 0) is 24.3 Å². The summed E-state index contributed by atoms with van der Waals surface area (Å²) in [6.45, 7) is 0. The van der Waals surface area contributed by atoms with Gasteiger partial charge in [-0.2, -0.15) is 0 Å². The molecule has 0 radical (unpaired) electrons. The number of aromatic amines is 1. The van der Waals surface area contributed by atoms with Crippen LogP contribution in [0.3, 0.4) is 0 Å². The molecule has 3 aromatic heterocycles. The molecule has 0 spiro atoms. The third-order valence-electron chi connectivity index (χ3n) is 3.60. The Morgan fingerprint density at radius 1 is 1.14 bits per heavy atom. The van der Waals surface area contributed by atoms with Gasteiger partial charge in [-0.15, -0.1) is 0 Å². The van der Waals surface area contributed by atoms with Gasteiger partial charge in [0.2, 0.25) is 0 Å². The van der Waals surface area contributed by atoms with E-state index in [-0.39, 0.29) is 5.69 Å². The molecule has 3 heterocycles. The van der Waals surface area contributed by atoms with Gasteiger partial charge in [0.05, 0.1) is 11.0 Å². The van der Waals surface area contributed by atoms with Gasteiger partial charge < -0.3 is 10.1 Å². The molecule has 4 aromatic rings. The summed E-state index contributed by atoms with van der Waals surface area (Å²) in [4.78, 5) is 19.1. The molecule has 102 valence electrons. The molecule has 0 atom stereocenters. The van der Waals surface area contributed by atoms with E-state index in [1.807, 2.05) is 42.6 Å². The van der Waals surface area contributed by atoms with Crippen LogP contribution in [0.1, 0.15) is 10.5 Å². The molecule has 0 amide bonds. The fraction of sp³-hybridized carbons (Fsp3) is 0. The number of para-hydroxylation sites is 1. The number of rotatable bonds is 2. The lowest BCUT2D eigenvalue weighted by Crippen LogP contribution is -2.08. The highest BCUT2D eigenvalue weighted by atomic mass is 16.4. The third kappa shape index (κ3) is 1.64. The highest BCUT2D eigenvalue weighted by Crippen LogP contribution is 2.27. The number of nitrogens with zero attached hydrogens (tertiary/aromatic N) is 2. The molecule has 0 bridgehead atoms. The SMILES string of the molecule is O=C(O)c1cc2ccccc2n1-c1nccc2cc[nH]c12. The molecule has 4 rings (SSSR count). The molecule has 0 saturated carbocycles. The Hall–Kier alpha value is -3.08. The van der Waals surface area contributed by atoms with E-state index in [0.29, 0.717) is 5.82 Å². The van der Waals surface area contributed by atoms with Crippen LogP contribution in [-0.2, 0) is 0 Å². The van der Waals surface area contributed by atoms with Gasteiger partial charge in [-0.3, -0.25) is 4.57 Å². The Morgan fingerprint density at radius 2 is 2.00 bits per heavy atom. The Balaban J connectivity index is 2.16. The summed E-state index contributed by atoms with van der Waals surface area (Å²) in [7, 11) is 0. The van der Waals surface area contributed by atoms with Gasteiger partial charge in [0.25, 0.3) is 0 Å². The van der Waals surface area contributed by atoms with Crippen LogP contribution in [-0.4, -0.2) is 25.6 Å². The second-order valence-electron chi connectivity index (χ2n) is 4.81. The molecule has 0 fully saturated rings. The van der Waals surface area contributed by atoms with Crippen LogP contribution < -0.4 is 0 Å². The number of carboxylic acids is 1. The lowest BCUT2D eigenvalue weighted by Gasteiger charge is -2.08. The predicted octanol–water partition coefficient (Wildman–Crippen LogP) is 3.21. The first-order chi connectivity index (χ1) is 10.3. The molecule has 5 nitrogen and oxygen atoms in total. The molecule has 0 aliphatic carbocycles. The summed E-state index contributed by atoms with van der Waals surface area (Å²) >= 11 is 0. The van der Waals surface area contributed by atoms with Gasteiger partial charge in [0.15, 0.2) is 5.82 Å². The molecular formula is C16H11N3O2. The van der Waals surface area contributed by atoms with E-state index in [2.05, 4.69) is 9.97 Å². The van der Waals surface area contributed by atoms with Crippen molar-refractivity contribution >= 4 is 27.8 Å². The van der Waals surface area contributed by atoms with Crippen LogP contribution in [0, 0.1) is 0 Å². The van der Waals surface area contributed by atoms with E-state index < -0.39 is 5.97 Å². The van der Waals surface area contributed by atoms with E-state index in [0.717, 1.165) is 21.8 Å². The van der Waals surface area contributed by atoms with Crippen LogP contribution >= 0.6 is 0 Å². The van der Waals surface area contributed by atoms with Gasteiger partial charge >= 0.3 is 5.97 Å². The number of carbonyl (C=O) groups is 1. The van der Waals surface area contributed by atoms with Crippen molar-refractivity contribution in [2.75, 3.05) is 0 Å². The zero-order valence-electron chi connectivity index (χ0n) is 10.9. The molecule has 5 heteroatoms. The summed E-state index contributed by atoms with van der Waals surface area (Å²) in [6.07, 6.45) is 3.51. The second-order valence-corrected chi connectivity index (χ2v) is 4.81. The number of carboxylic acid groups (broad SMARTS) is 1. The summed E-state index contributed by atoms with van der Waals surface area (Å²) < 4.78 is 1.68. The monoisotopic (exact) mass is 277 g/mol. The van der Waals surface area contributed by atoms with Crippen LogP contribution in [0.15, 0.2) is 54.9 Å². The maximum Gasteiger partial charge on any atom is 0.352 e. The van der Waals surface area contributed by atoms with E-state index in [9.17, 15) is 9.90 Å². The van der Waals surface area contributed by atoms with Crippen LogP contribution in [0.5, 0.6) is 0 Å². The lowest BCUT2D eigenvalue weighted by atomic mass is 10.2. The number of hydrogen-bond donors (Lipinski definition) is 2. The van der Waals surface area contributed by atoms with Crippen molar-refractivity contribution in [1.29, 1.82) is 0 Å². The summed E-state index contributed by atoms with van der Waals surface area (Å²) in [6, 6.07) is 13.1. The zero-order chi connectivity index (χ0) is 14.4. The van der Waals surface area contributed by atoms with E-state index in [1.54, 1.807) is 16.8 Å². The normalized spacial score (nSPS) is 11.2. The Kier molecular flexibility index (Phi) is 2.35. The van der Waals surface area contributed by atoms with E-state index >= 15 is 0 Å². The molecule has 0 saturated heterocycles. The van der Waals surface area contributed by atoms with Gasteiger partial charge in [0, 0.05) is 23.2 Å². The number of hydrogen-bond acceptors (Lipinski definition) is 2. The van der Waals surface area contributed by atoms with Crippen LogP contribution in [0.2, 0.25) is 0 Å². The Morgan fingerprint density at radius 3 is 2.86 bits per heavy atom. The highest BCUT2D eigenvalue weighted by molar-refractivity contribution is 5.98. The highest BCUT2D eigenvalue weighted by Gasteiger charge is 2.18. The standard InChI is InChI=1S/C16H11N3O2/c20-16(21)13-9-11-3-1-2-4-12(11)19(13)15-14-10(5-7-17-14)6-8-18-15/h1-9,17H,(H,20,21). The van der Waals surface area contributed by atoms with Crippen molar-refractivity contribution in [1.82, 2.24) is 14.5 Å². The van der Waals surface area contributed by atoms with E-state index in [1.165, 1.54) is 0 Å². The maximum atomic E-state index is 11.6. The van der Waals surface area contributed by atoms with Crippen LogP contribution in [0.25, 0.3) is 27.6 Å². The quantitative estimate of drug-likeness (QED) is 0.591. The van der Waals surface area contributed by atoms with Crippen molar-refractivity contribution in [2.45, 2.75) is 0 Å². The third-order valence-corrected chi connectivity index (χ3v) is 3.60. The second kappa shape index (κ2) is 4.21. The average molecular weight is 277 g/mol. The molecule has 0 aliphatic rings. The van der Waals surface area contributed by atoms with Crippen molar-refractivity contribution in [3.05, 3.63) is 60.6 Å². The molecule has 21 heavy (non-hydrogen) atoms. The number of aromatic carboxylic acids is 1. The van der Waals surface area contributed by atoms with Crippen molar-refractivity contribution in [3.63, 3.8) is 0 Å². The van der Waals surface area contributed by atoms with Gasteiger partial charge in [-0.1, -0.05) is 18.2 Å². The first kappa shape index (κ1) is 11.7. The smallest absolute Gasteiger partial charge is 0.352 e. The number of pyridine rings is 1. The zero-order valence-corrected chi connectivity index (χ0v) is 10.9. The average Bonchev–Trinajstić information content (AvgIpc) is 3.11. The first-order valence-electron chi connectivity index (χ1n) is 6.52. The summed E-state index contributed by atoms with van der Waals surface area (Å²) in [5.41, 5.74) is 1.84. The molecular weight excluding hydrogens is 266 g/mol. The van der Waals surface area contributed by atoms with Crippen molar-refractivity contribution in [3.8, 4) is 5.82 Å². The predicted molar refractivity (Wildman–Crippen MR) is 79.9 cm³/mol. The largest absolute Gasteiger partial charge is 0.477 e. The van der Waals surface area contributed by atoms with E-state index in [4.69, 9.17) is 0 Å². The lowest BCUT2D eigenvalue weighted by molar-refractivity contribution is 0.0688. The summed E-state index contributed by atoms with van der Waals surface area (Å²) in [5, 5.41) is 11.4. The van der Waals surface area contributed by atoms with Crippen molar-refractivity contribution < 1.29 is 9.90 Å². The fourth-order valence-corrected chi connectivity index (χ4v) is 2.68. The molecule has 1 aromatic carbocycles. The number of aromatic nitrogens is 3. The minimum atomic E-state index is -0.975.